The van der Waals surface area contributed by atoms with E-state index in [0.717, 1.165) is 0 Å². The summed E-state index contributed by atoms with van der Waals surface area (Å²) in [5.41, 5.74) is 0. The molecule has 0 aliphatic heterocycles. The summed E-state index contributed by atoms with van der Waals surface area (Å²) in [5, 5.41) is 10.7. The summed E-state index contributed by atoms with van der Waals surface area (Å²) in [6, 6.07) is 0. The highest BCUT2D eigenvalue weighted by Gasteiger charge is 2.09. The average Bonchev–Trinajstić information content (AvgIpc) is 2.74. The van der Waals surface area contributed by atoms with Crippen molar-refractivity contribution in [2.45, 2.75) is 27.2 Å². The smallest absolute Gasteiger partial charge is 0.435 e. The number of rotatable bonds is 7. The van der Waals surface area contributed by atoms with Crippen LogP contribution in [0.5, 0.6) is 0 Å². The van der Waals surface area contributed by atoms with Gasteiger partial charge in [0.2, 0.25) is 0 Å². The molecule has 0 unspecified atom stereocenters. The molecule has 1 heterocycles. The molecular weight excluding hydrogens is 244 g/mol. The second-order valence-electron chi connectivity index (χ2n) is 3.25. The zero-order chi connectivity index (χ0) is 13.4. The topological polar surface area (TPSA) is 105 Å². The summed E-state index contributed by atoms with van der Waals surface area (Å²) in [6.07, 6.45) is -0.802. The molecule has 0 saturated carbocycles. The van der Waals surface area contributed by atoms with E-state index in [1.807, 2.05) is 0 Å². The van der Waals surface area contributed by atoms with Gasteiger partial charge in [-0.25, -0.2) is 4.79 Å². The fraction of sp³-hybridized carbons (Fsp3) is 0.667. The lowest BCUT2D eigenvalue weighted by molar-refractivity contribution is -0.121. The van der Waals surface area contributed by atoms with Crippen molar-refractivity contribution >= 4 is 11.9 Å². The quantitative estimate of drug-likeness (QED) is 0.625. The van der Waals surface area contributed by atoms with Gasteiger partial charge in [-0.3, -0.25) is 4.79 Å². The van der Waals surface area contributed by atoms with Crippen molar-refractivity contribution < 1.29 is 23.8 Å². The summed E-state index contributed by atoms with van der Waals surface area (Å²) >= 11 is 0. The number of Topliss-reactive ketones (excluding diaryl/α,β-unsaturated/α-hetero) is 1. The van der Waals surface area contributed by atoms with E-state index in [4.69, 9.17) is 9.47 Å². The van der Waals surface area contributed by atoms with Crippen LogP contribution in [-0.4, -0.2) is 45.4 Å². The zero-order valence-corrected chi connectivity index (χ0v) is 10.2. The van der Waals surface area contributed by atoms with Gasteiger partial charge in [0, 0.05) is 0 Å². The van der Waals surface area contributed by atoms with E-state index in [2.05, 4.69) is 20.3 Å². The molecule has 0 bridgehead atoms. The van der Waals surface area contributed by atoms with Crippen LogP contribution < -0.4 is 0 Å². The number of ether oxygens (including phenoxy) is 3. The van der Waals surface area contributed by atoms with E-state index in [-0.39, 0.29) is 32.3 Å². The number of carbonyl (C=O) groups is 2. The highest BCUT2D eigenvalue weighted by Crippen LogP contribution is 1.97. The Morgan fingerprint density at radius 3 is 2.78 bits per heavy atom. The van der Waals surface area contributed by atoms with Crippen molar-refractivity contribution in [3.8, 4) is 0 Å². The highest BCUT2D eigenvalue weighted by molar-refractivity contribution is 5.76. The molecule has 1 aromatic heterocycles. The SMILES string of the molecule is CCOC(=O)OCn1nnnc1COCC(C)=O. The van der Waals surface area contributed by atoms with Crippen molar-refractivity contribution in [2.24, 2.45) is 0 Å². The molecule has 0 radical (unpaired) electrons. The maximum absolute atomic E-state index is 11.0. The number of carbonyl (C=O) groups excluding carboxylic acids is 2. The molecule has 18 heavy (non-hydrogen) atoms. The third-order valence-corrected chi connectivity index (χ3v) is 1.71. The Morgan fingerprint density at radius 2 is 2.11 bits per heavy atom. The third kappa shape index (κ3) is 4.87. The molecule has 0 aliphatic carbocycles. The minimum Gasteiger partial charge on any atom is -0.435 e. The molecule has 100 valence electrons. The minimum atomic E-state index is -0.802. The zero-order valence-electron chi connectivity index (χ0n) is 10.2. The number of aromatic nitrogens is 4. The van der Waals surface area contributed by atoms with E-state index in [1.54, 1.807) is 6.92 Å². The third-order valence-electron chi connectivity index (χ3n) is 1.71. The highest BCUT2D eigenvalue weighted by atomic mass is 16.7. The van der Waals surface area contributed by atoms with Gasteiger partial charge in [0.05, 0.1) is 6.61 Å². The molecule has 0 N–H and O–H groups in total. The molecular formula is C9H14N4O5. The van der Waals surface area contributed by atoms with Crippen LogP contribution in [0.15, 0.2) is 0 Å². The van der Waals surface area contributed by atoms with Gasteiger partial charge >= 0.3 is 6.16 Å². The van der Waals surface area contributed by atoms with Gasteiger partial charge < -0.3 is 14.2 Å². The molecule has 0 atom stereocenters. The van der Waals surface area contributed by atoms with E-state index in [0.29, 0.717) is 5.82 Å². The number of hydrogen-bond donors (Lipinski definition) is 0. The summed E-state index contributed by atoms with van der Waals surface area (Å²) in [7, 11) is 0. The molecule has 0 aromatic carbocycles. The van der Waals surface area contributed by atoms with Crippen LogP contribution in [0.1, 0.15) is 19.7 Å². The van der Waals surface area contributed by atoms with Crippen LogP contribution in [0, 0.1) is 0 Å². The summed E-state index contributed by atoms with van der Waals surface area (Å²) < 4.78 is 15.6. The molecule has 0 aliphatic rings. The van der Waals surface area contributed by atoms with Crippen molar-refractivity contribution in [3.05, 3.63) is 5.82 Å². The Bertz CT molecular complexity index is 405. The second-order valence-corrected chi connectivity index (χ2v) is 3.25. The Morgan fingerprint density at radius 1 is 1.33 bits per heavy atom. The van der Waals surface area contributed by atoms with E-state index in [1.165, 1.54) is 11.6 Å². The fourth-order valence-corrected chi connectivity index (χ4v) is 0.986. The minimum absolute atomic E-state index is 0.0222. The van der Waals surface area contributed by atoms with Crippen molar-refractivity contribution in [1.82, 2.24) is 20.2 Å². The first-order valence-electron chi connectivity index (χ1n) is 5.25. The lowest BCUT2D eigenvalue weighted by Gasteiger charge is -2.06. The van der Waals surface area contributed by atoms with E-state index >= 15 is 0 Å². The lowest BCUT2D eigenvalue weighted by atomic mass is 10.5. The first kappa shape index (κ1) is 14.0. The van der Waals surface area contributed by atoms with Gasteiger partial charge in [-0.05, 0) is 24.3 Å². The van der Waals surface area contributed by atoms with Gasteiger partial charge in [0.25, 0.3) is 0 Å². The van der Waals surface area contributed by atoms with Crippen LogP contribution in [0.4, 0.5) is 4.79 Å². The first-order valence-corrected chi connectivity index (χ1v) is 5.25. The van der Waals surface area contributed by atoms with Crippen molar-refractivity contribution in [3.63, 3.8) is 0 Å². The van der Waals surface area contributed by atoms with Gasteiger partial charge in [-0.2, -0.15) is 4.68 Å². The molecule has 1 rings (SSSR count). The number of hydrogen-bond acceptors (Lipinski definition) is 8. The maximum Gasteiger partial charge on any atom is 0.510 e. The van der Waals surface area contributed by atoms with Gasteiger partial charge in [-0.1, -0.05) is 0 Å². The standard InChI is InChI=1S/C9H14N4O5/c1-3-17-9(15)18-6-13-8(10-11-12-13)5-16-4-7(2)14/h3-6H2,1-2H3. The van der Waals surface area contributed by atoms with Crippen molar-refractivity contribution in [1.29, 1.82) is 0 Å². The maximum atomic E-state index is 11.0. The Kier molecular flexibility index (Phi) is 5.71. The molecule has 0 spiro atoms. The van der Waals surface area contributed by atoms with Crippen LogP contribution in [0.25, 0.3) is 0 Å². The molecule has 9 nitrogen and oxygen atoms in total. The molecule has 9 heteroatoms. The first-order chi connectivity index (χ1) is 8.63. The Balaban J connectivity index is 2.39. The molecule has 0 saturated heterocycles. The van der Waals surface area contributed by atoms with E-state index in [9.17, 15) is 9.59 Å². The fourth-order valence-electron chi connectivity index (χ4n) is 0.986. The van der Waals surface area contributed by atoms with Crippen LogP contribution >= 0.6 is 0 Å². The van der Waals surface area contributed by atoms with Crippen LogP contribution in [-0.2, 0) is 32.3 Å². The lowest BCUT2D eigenvalue weighted by Crippen LogP contribution is -2.15. The van der Waals surface area contributed by atoms with Crippen molar-refractivity contribution in [2.75, 3.05) is 13.2 Å². The van der Waals surface area contributed by atoms with Gasteiger partial charge in [0.15, 0.2) is 18.3 Å². The number of tetrazole rings is 1. The molecule has 0 fully saturated rings. The monoisotopic (exact) mass is 258 g/mol. The number of nitrogens with zero attached hydrogens (tertiary/aromatic N) is 4. The number of ketones is 1. The predicted octanol–water partition coefficient (Wildman–Crippen LogP) is -0.0907. The second kappa shape index (κ2) is 7.33. The predicted molar refractivity (Wildman–Crippen MR) is 56.3 cm³/mol. The Hall–Kier alpha value is -2.03. The van der Waals surface area contributed by atoms with Gasteiger partial charge in [0.1, 0.15) is 13.2 Å². The van der Waals surface area contributed by atoms with Crippen LogP contribution in [0.2, 0.25) is 0 Å². The average molecular weight is 258 g/mol. The summed E-state index contributed by atoms with van der Waals surface area (Å²) in [5.74, 6) is 0.248. The van der Waals surface area contributed by atoms with Gasteiger partial charge in [-0.15, -0.1) is 5.10 Å². The molecule has 0 amide bonds. The summed E-state index contributed by atoms with van der Waals surface area (Å²) in [6.45, 7) is 3.16. The van der Waals surface area contributed by atoms with Crippen LogP contribution in [0.3, 0.4) is 0 Å². The largest absolute Gasteiger partial charge is 0.510 e. The molecule has 1 aromatic rings. The van der Waals surface area contributed by atoms with E-state index < -0.39 is 6.16 Å². The summed E-state index contributed by atoms with van der Waals surface area (Å²) in [4.78, 5) is 21.6. The Labute approximate surface area is 103 Å². The normalized spacial score (nSPS) is 10.1.